The van der Waals surface area contributed by atoms with Gasteiger partial charge < -0.3 is 10.2 Å². The van der Waals surface area contributed by atoms with E-state index in [-0.39, 0.29) is 11.1 Å². The van der Waals surface area contributed by atoms with E-state index in [9.17, 15) is 10.0 Å². The van der Waals surface area contributed by atoms with Crippen LogP contribution in [0.4, 0.5) is 0 Å². The topological polar surface area (TPSA) is 59.8 Å². The van der Waals surface area contributed by atoms with Crippen LogP contribution in [-0.2, 0) is 0 Å². The molecular weight excluding hydrogens is 288 g/mol. The van der Waals surface area contributed by atoms with Crippen molar-refractivity contribution < 1.29 is 4.73 Å². The molecule has 1 N–H and O–H groups in total. The zero-order valence-electron chi connectivity index (χ0n) is 12.5. The molecule has 0 saturated carbocycles. The van der Waals surface area contributed by atoms with Gasteiger partial charge in [0.2, 0.25) is 5.69 Å². The summed E-state index contributed by atoms with van der Waals surface area (Å²) in [6.45, 7) is 1.82. The van der Waals surface area contributed by atoms with Crippen LogP contribution in [0.25, 0.3) is 32.9 Å². The van der Waals surface area contributed by atoms with E-state index >= 15 is 0 Å². The lowest BCUT2D eigenvalue weighted by Crippen LogP contribution is -2.36. The van der Waals surface area contributed by atoms with E-state index in [4.69, 9.17) is 0 Å². The molecule has 4 nitrogen and oxygen atoms in total. The van der Waals surface area contributed by atoms with Crippen molar-refractivity contribution in [3.8, 4) is 11.3 Å². The molecule has 2 aromatic heterocycles. The first-order valence-electron chi connectivity index (χ1n) is 7.40. The van der Waals surface area contributed by atoms with Gasteiger partial charge in [-0.05, 0) is 31.2 Å². The molecular formula is C19H14N2O2. The lowest BCUT2D eigenvalue weighted by molar-refractivity contribution is -0.564. The van der Waals surface area contributed by atoms with Crippen LogP contribution in [0.5, 0.6) is 0 Å². The Morgan fingerprint density at radius 3 is 2.30 bits per heavy atom. The zero-order chi connectivity index (χ0) is 16.0. The maximum absolute atomic E-state index is 13.0. The van der Waals surface area contributed by atoms with Gasteiger partial charge in [0.25, 0.3) is 5.52 Å². The first-order valence-corrected chi connectivity index (χ1v) is 7.40. The average Bonchev–Trinajstić information content (AvgIpc) is 2.55. The van der Waals surface area contributed by atoms with Crippen LogP contribution in [0.2, 0.25) is 0 Å². The van der Waals surface area contributed by atoms with Crippen molar-refractivity contribution in [1.82, 2.24) is 4.98 Å². The Bertz CT molecular complexity index is 1100. The fourth-order valence-electron chi connectivity index (χ4n) is 3.10. The molecule has 0 amide bonds. The van der Waals surface area contributed by atoms with Crippen molar-refractivity contribution >= 4 is 21.7 Å². The second-order valence-electron chi connectivity index (χ2n) is 5.60. The first-order chi connectivity index (χ1) is 11.2. The molecule has 0 spiro atoms. The highest BCUT2D eigenvalue weighted by Gasteiger charge is 2.21. The fourth-order valence-corrected chi connectivity index (χ4v) is 3.10. The lowest BCUT2D eigenvalue weighted by Gasteiger charge is -2.12. The number of nitrogens with zero attached hydrogens (tertiary/aromatic N) is 1. The lowest BCUT2D eigenvalue weighted by atomic mass is 10.0. The highest BCUT2D eigenvalue weighted by molar-refractivity contribution is 6.08. The van der Waals surface area contributed by atoms with Crippen molar-refractivity contribution in [2.24, 2.45) is 0 Å². The van der Waals surface area contributed by atoms with Gasteiger partial charge in [-0.1, -0.05) is 36.4 Å². The number of aryl methyl sites for hydroxylation is 1. The number of nitrogens with one attached hydrogen (secondary N) is 1. The second-order valence-corrected chi connectivity index (χ2v) is 5.60. The number of hydrogen-bond donors (Lipinski definition) is 1. The Labute approximate surface area is 132 Å². The molecule has 4 aromatic rings. The van der Waals surface area contributed by atoms with Gasteiger partial charge >= 0.3 is 5.56 Å². The van der Waals surface area contributed by atoms with Crippen LogP contribution in [0.3, 0.4) is 0 Å². The summed E-state index contributed by atoms with van der Waals surface area (Å²) in [7, 11) is 0. The molecule has 0 unspecified atom stereocenters. The number of aromatic amines is 1. The van der Waals surface area contributed by atoms with Gasteiger partial charge in [-0.3, -0.25) is 4.79 Å². The molecule has 2 heterocycles. The Morgan fingerprint density at radius 1 is 0.913 bits per heavy atom. The van der Waals surface area contributed by atoms with E-state index in [0.717, 1.165) is 26.8 Å². The van der Waals surface area contributed by atoms with Crippen LogP contribution >= 0.6 is 0 Å². The molecule has 0 aliphatic carbocycles. The molecule has 0 fully saturated rings. The summed E-state index contributed by atoms with van der Waals surface area (Å²) in [6.07, 6.45) is 0. The molecule has 0 radical (unpaired) electrons. The third kappa shape index (κ3) is 1.99. The largest absolute Gasteiger partial charge is 0.618 e. The summed E-state index contributed by atoms with van der Waals surface area (Å²) in [5, 5.41) is 15.4. The summed E-state index contributed by atoms with van der Waals surface area (Å²) in [5.41, 5.74) is 1.81. The summed E-state index contributed by atoms with van der Waals surface area (Å²) < 4.78 is 0.755. The van der Waals surface area contributed by atoms with Crippen LogP contribution in [0.15, 0.2) is 65.5 Å². The Morgan fingerprint density at radius 2 is 1.57 bits per heavy atom. The number of benzene rings is 2. The third-order valence-corrected chi connectivity index (χ3v) is 4.07. The smallest absolute Gasteiger partial charge is 0.322 e. The summed E-state index contributed by atoms with van der Waals surface area (Å²) >= 11 is 0. The molecule has 4 heteroatoms. The molecule has 2 aromatic carbocycles. The van der Waals surface area contributed by atoms with Gasteiger partial charge in [0.05, 0.1) is 10.8 Å². The van der Waals surface area contributed by atoms with Crippen LogP contribution in [0, 0.1) is 12.1 Å². The van der Waals surface area contributed by atoms with Gasteiger partial charge in [0.15, 0.2) is 0 Å². The number of H-pyrrole nitrogens is 1. The molecule has 0 bridgehead atoms. The zero-order valence-corrected chi connectivity index (χ0v) is 12.5. The van der Waals surface area contributed by atoms with E-state index in [0.29, 0.717) is 11.1 Å². The molecule has 0 aliphatic heterocycles. The second kappa shape index (κ2) is 4.95. The van der Waals surface area contributed by atoms with Crippen molar-refractivity contribution in [1.29, 1.82) is 0 Å². The van der Waals surface area contributed by atoms with Gasteiger partial charge in [-0.25, -0.2) is 0 Å². The Hall–Kier alpha value is -3.14. The molecule has 0 atom stereocenters. The molecule has 23 heavy (non-hydrogen) atoms. The van der Waals surface area contributed by atoms with Crippen molar-refractivity contribution in [2.45, 2.75) is 6.92 Å². The molecule has 0 aliphatic rings. The predicted octanol–water partition coefficient (Wildman–Crippen LogP) is 3.29. The van der Waals surface area contributed by atoms with Crippen molar-refractivity contribution in [3.63, 3.8) is 0 Å². The molecule has 112 valence electrons. The van der Waals surface area contributed by atoms with E-state index in [1.54, 1.807) is 0 Å². The van der Waals surface area contributed by atoms with Crippen molar-refractivity contribution in [3.05, 3.63) is 81.9 Å². The van der Waals surface area contributed by atoms with Crippen LogP contribution < -0.4 is 10.3 Å². The van der Waals surface area contributed by atoms with Gasteiger partial charge in [0, 0.05) is 16.6 Å². The maximum atomic E-state index is 13.0. The number of fused-ring (bicyclic) bond motifs is 3. The Kier molecular flexibility index (Phi) is 2.91. The quantitative estimate of drug-likeness (QED) is 0.333. The van der Waals surface area contributed by atoms with Crippen LogP contribution in [-0.4, -0.2) is 4.98 Å². The van der Waals surface area contributed by atoms with E-state index in [2.05, 4.69) is 4.98 Å². The third-order valence-electron chi connectivity index (χ3n) is 4.07. The first kappa shape index (κ1) is 13.5. The van der Waals surface area contributed by atoms with Crippen molar-refractivity contribution in [2.75, 3.05) is 0 Å². The standard InChI is InChI=1S/C19H14N2O2/c1-12-11-16-14-9-5-6-10-15(14)17(13-7-3-2-4-8-13)21(23)18(16)19(22)20-12/h2-11H,1H3,(H,20,22). The van der Waals surface area contributed by atoms with E-state index < -0.39 is 0 Å². The summed E-state index contributed by atoms with van der Waals surface area (Å²) in [5.74, 6) is 0. The minimum atomic E-state index is -0.363. The van der Waals surface area contributed by atoms with Gasteiger partial charge in [-0.15, -0.1) is 0 Å². The van der Waals surface area contributed by atoms with Gasteiger partial charge in [-0.2, -0.15) is 4.73 Å². The predicted molar refractivity (Wildman–Crippen MR) is 91.2 cm³/mol. The number of hydrogen-bond acceptors (Lipinski definition) is 2. The SMILES string of the molecule is Cc1cc2c3ccccc3c(-c3ccccc3)[n+]([O-])c2c(=O)[nH]1. The molecule has 4 rings (SSSR count). The maximum Gasteiger partial charge on any atom is 0.322 e. The average molecular weight is 302 g/mol. The fraction of sp³-hybridized carbons (Fsp3) is 0.0526. The van der Waals surface area contributed by atoms with Crippen LogP contribution in [0.1, 0.15) is 5.69 Å². The minimum absolute atomic E-state index is 0.146. The number of aromatic nitrogens is 2. The summed E-state index contributed by atoms with van der Waals surface area (Å²) in [6, 6.07) is 19.0. The monoisotopic (exact) mass is 302 g/mol. The highest BCUT2D eigenvalue weighted by Crippen LogP contribution is 2.29. The number of pyridine rings is 2. The normalized spacial score (nSPS) is 11.2. The molecule has 0 saturated heterocycles. The highest BCUT2D eigenvalue weighted by atomic mass is 16.5. The summed E-state index contributed by atoms with van der Waals surface area (Å²) in [4.78, 5) is 15.1. The van der Waals surface area contributed by atoms with Gasteiger partial charge in [0.1, 0.15) is 0 Å². The van der Waals surface area contributed by atoms with E-state index in [1.165, 1.54) is 0 Å². The van der Waals surface area contributed by atoms with E-state index in [1.807, 2.05) is 67.6 Å². The Balaban J connectivity index is 2.31. The number of rotatable bonds is 1. The minimum Gasteiger partial charge on any atom is -0.618 e.